The zero-order valence-corrected chi connectivity index (χ0v) is 6.06. The number of nitrogens with zero attached hydrogens (tertiary/aromatic N) is 1. The first-order valence-corrected chi connectivity index (χ1v) is 3.27. The van der Waals surface area contributed by atoms with Gasteiger partial charge in [0.1, 0.15) is 0 Å². The van der Waals surface area contributed by atoms with E-state index in [4.69, 9.17) is 0 Å². The predicted octanol–water partition coefficient (Wildman–Crippen LogP) is 1.39. The van der Waals surface area contributed by atoms with Crippen LogP contribution in [0.15, 0.2) is 0 Å². The van der Waals surface area contributed by atoms with Gasteiger partial charge in [-0.1, -0.05) is 0 Å². The van der Waals surface area contributed by atoms with Gasteiger partial charge in [0.2, 0.25) is 0 Å². The Morgan fingerprint density at radius 1 is 1.55 bits per heavy atom. The van der Waals surface area contributed by atoms with Gasteiger partial charge < -0.3 is 0 Å². The molecule has 1 saturated heterocycles. The quantitative estimate of drug-likeness (QED) is 0.586. The number of hydrogen-bond donors (Lipinski definition) is 0. The fourth-order valence-electron chi connectivity index (χ4n) is 1.02. The van der Waals surface area contributed by atoms with E-state index >= 15 is 0 Å². The fourth-order valence-corrected chi connectivity index (χ4v) is 1.02. The highest BCUT2D eigenvalue weighted by atomic mass is 19.4. The van der Waals surface area contributed by atoms with Crippen LogP contribution in [0, 0.1) is 6.54 Å². The molecule has 5 heteroatoms. The summed E-state index contributed by atoms with van der Waals surface area (Å²) in [6.07, 6.45) is -4.89. The molecule has 1 aliphatic rings. The van der Waals surface area contributed by atoms with Crippen LogP contribution in [0.25, 0.3) is 0 Å². The van der Waals surface area contributed by atoms with E-state index in [1.54, 1.807) is 11.9 Å². The van der Waals surface area contributed by atoms with Crippen LogP contribution >= 0.6 is 0 Å². The third kappa shape index (κ3) is 3.07. The van der Waals surface area contributed by atoms with Crippen LogP contribution in [0.3, 0.4) is 0 Å². The Labute approximate surface area is 62.9 Å². The van der Waals surface area contributed by atoms with Crippen molar-refractivity contribution < 1.29 is 17.9 Å². The van der Waals surface area contributed by atoms with Crippen molar-refractivity contribution in [3.63, 3.8) is 0 Å². The van der Waals surface area contributed by atoms with Gasteiger partial charge in [-0.25, -0.2) is 0 Å². The van der Waals surface area contributed by atoms with Crippen molar-refractivity contribution in [2.75, 3.05) is 13.6 Å². The first-order valence-electron chi connectivity index (χ1n) is 3.27. The van der Waals surface area contributed by atoms with E-state index < -0.39 is 12.5 Å². The molecule has 0 aromatic carbocycles. The van der Waals surface area contributed by atoms with E-state index in [0.29, 0.717) is 13.0 Å². The van der Waals surface area contributed by atoms with Crippen molar-refractivity contribution in [2.45, 2.75) is 18.9 Å². The van der Waals surface area contributed by atoms with Gasteiger partial charge in [-0.05, 0) is 13.5 Å². The molecule has 0 aromatic rings. The second-order valence-corrected chi connectivity index (χ2v) is 2.52. The largest absolute Gasteiger partial charge is 0.522 e. The second kappa shape index (κ2) is 2.98. The number of alkyl halides is 3. The Kier molecular flexibility index (Phi) is 2.39. The van der Waals surface area contributed by atoms with Crippen LogP contribution < -0.4 is 0 Å². The molecule has 1 heterocycles. The number of likely N-dealkylation sites (N-methyl/N-ethyl adjacent to an activating group) is 1. The summed E-state index contributed by atoms with van der Waals surface area (Å²) >= 11 is 0. The molecular formula is C6H9F3NO. The van der Waals surface area contributed by atoms with Crippen LogP contribution in [0.5, 0.6) is 0 Å². The summed E-state index contributed by atoms with van der Waals surface area (Å²) in [5.41, 5.74) is 0. The lowest BCUT2D eigenvalue weighted by Crippen LogP contribution is -2.22. The van der Waals surface area contributed by atoms with Gasteiger partial charge in [0.15, 0.2) is 0 Å². The van der Waals surface area contributed by atoms with E-state index in [9.17, 15) is 13.2 Å². The van der Waals surface area contributed by atoms with Gasteiger partial charge in [0.25, 0.3) is 0 Å². The number of ether oxygens (including phenoxy) is 1. The normalized spacial score (nSPS) is 27.8. The van der Waals surface area contributed by atoms with Crippen LogP contribution in [-0.4, -0.2) is 31.0 Å². The molecule has 1 atom stereocenters. The smallest absolute Gasteiger partial charge is 0.299 e. The van der Waals surface area contributed by atoms with E-state index in [0.717, 1.165) is 0 Å². The minimum absolute atomic E-state index is 0.413. The summed E-state index contributed by atoms with van der Waals surface area (Å²) in [6.45, 7) is 2.06. The molecule has 0 amide bonds. The van der Waals surface area contributed by atoms with Gasteiger partial charge in [-0.2, -0.15) is 0 Å². The monoisotopic (exact) mass is 168 g/mol. The first-order chi connectivity index (χ1) is 4.97. The summed E-state index contributed by atoms with van der Waals surface area (Å²) in [5, 5.41) is 0. The third-order valence-electron chi connectivity index (χ3n) is 1.47. The lowest BCUT2D eigenvalue weighted by molar-refractivity contribution is -0.337. The molecule has 0 spiro atoms. The topological polar surface area (TPSA) is 12.5 Å². The molecule has 1 aliphatic heterocycles. The predicted molar refractivity (Wildman–Crippen MR) is 32.5 cm³/mol. The van der Waals surface area contributed by atoms with Crippen molar-refractivity contribution in [3.05, 3.63) is 6.54 Å². The third-order valence-corrected chi connectivity index (χ3v) is 1.47. The van der Waals surface area contributed by atoms with Crippen molar-refractivity contribution in [2.24, 2.45) is 0 Å². The second-order valence-electron chi connectivity index (χ2n) is 2.52. The molecule has 0 bridgehead atoms. The molecule has 0 aromatic heterocycles. The van der Waals surface area contributed by atoms with Crippen LogP contribution in [0.2, 0.25) is 0 Å². The summed E-state index contributed by atoms with van der Waals surface area (Å²) in [6, 6.07) is 0. The summed E-state index contributed by atoms with van der Waals surface area (Å²) < 4.78 is 38.5. The van der Waals surface area contributed by atoms with E-state index in [1.807, 2.05) is 0 Å². The molecule has 65 valence electrons. The molecular weight excluding hydrogens is 159 g/mol. The Morgan fingerprint density at radius 2 is 2.18 bits per heavy atom. The number of halogens is 3. The number of rotatable bonds is 1. The van der Waals surface area contributed by atoms with E-state index in [2.05, 4.69) is 4.74 Å². The number of hydrogen-bond acceptors (Lipinski definition) is 2. The van der Waals surface area contributed by atoms with Gasteiger partial charge in [0, 0.05) is 6.54 Å². The molecule has 1 fully saturated rings. The average Bonchev–Trinajstić information content (AvgIpc) is 2.10. The van der Waals surface area contributed by atoms with Gasteiger partial charge in [-0.15, -0.1) is 13.2 Å². The molecule has 0 N–H and O–H groups in total. The molecule has 2 nitrogen and oxygen atoms in total. The van der Waals surface area contributed by atoms with Crippen molar-refractivity contribution >= 4 is 0 Å². The summed E-state index contributed by atoms with van der Waals surface area (Å²) in [7, 11) is 1.72. The van der Waals surface area contributed by atoms with Crippen molar-refractivity contribution in [1.29, 1.82) is 0 Å². The highest BCUT2D eigenvalue weighted by molar-refractivity contribution is 4.84. The molecule has 1 rings (SSSR count). The van der Waals surface area contributed by atoms with Gasteiger partial charge in [-0.3, -0.25) is 9.64 Å². The minimum Gasteiger partial charge on any atom is -0.299 e. The standard InChI is InChI=1S/C6H9F3NO/c1-10-3-2-5(4-10)11-6(7,8)9/h4-5H,2-3H2,1H3. The summed E-state index contributed by atoms with van der Waals surface area (Å²) in [5.74, 6) is 0. The molecule has 1 unspecified atom stereocenters. The maximum atomic E-state index is 11.6. The SMILES string of the molecule is CN1[CH]C(OC(F)(F)F)CC1. The van der Waals surface area contributed by atoms with Gasteiger partial charge >= 0.3 is 6.36 Å². The van der Waals surface area contributed by atoms with E-state index in [-0.39, 0.29) is 0 Å². The van der Waals surface area contributed by atoms with Crippen molar-refractivity contribution in [3.8, 4) is 0 Å². The molecule has 0 aliphatic carbocycles. The Morgan fingerprint density at radius 3 is 2.55 bits per heavy atom. The average molecular weight is 168 g/mol. The molecule has 11 heavy (non-hydrogen) atoms. The van der Waals surface area contributed by atoms with Gasteiger partial charge in [0.05, 0.1) is 12.6 Å². The zero-order chi connectivity index (χ0) is 8.48. The number of likely N-dealkylation sites (tertiary alicyclic amines) is 1. The maximum Gasteiger partial charge on any atom is 0.522 e. The Balaban J connectivity index is 2.29. The van der Waals surface area contributed by atoms with Crippen LogP contribution in [-0.2, 0) is 4.74 Å². The highest BCUT2D eigenvalue weighted by Gasteiger charge is 2.35. The fraction of sp³-hybridized carbons (Fsp3) is 0.833. The lowest BCUT2D eigenvalue weighted by Gasteiger charge is -2.12. The Hall–Kier alpha value is -0.290. The highest BCUT2D eigenvalue weighted by Crippen LogP contribution is 2.24. The van der Waals surface area contributed by atoms with Crippen molar-refractivity contribution in [1.82, 2.24) is 4.90 Å². The van der Waals surface area contributed by atoms with E-state index in [1.165, 1.54) is 6.54 Å². The minimum atomic E-state index is -4.51. The first kappa shape index (κ1) is 8.80. The Bertz CT molecular complexity index is 136. The zero-order valence-electron chi connectivity index (χ0n) is 6.06. The maximum absolute atomic E-state index is 11.6. The summed E-state index contributed by atoms with van der Waals surface area (Å²) in [4.78, 5) is 1.69. The molecule has 1 radical (unpaired) electrons. The van der Waals surface area contributed by atoms with Crippen LogP contribution in [0.1, 0.15) is 6.42 Å². The lowest BCUT2D eigenvalue weighted by atomic mass is 10.3. The molecule has 0 saturated carbocycles. The van der Waals surface area contributed by atoms with Crippen LogP contribution in [0.4, 0.5) is 13.2 Å².